The Labute approximate surface area is 148 Å². The predicted molar refractivity (Wildman–Crippen MR) is 93.1 cm³/mol. The summed E-state index contributed by atoms with van der Waals surface area (Å²) in [6.07, 6.45) is 5.11. The Morgan fingerprint density at radius 2 is 2.00 bits per heavy atom. The van der Waals surface area contributed by atoms with Gasteiger partial charge in [0.2, 0.25) is 0 Å². The molecule has 1 amide bonds. The first-order valence-electron chi connectivity index (χ1n) is 8.63. The van der Waals surface area contributed by atoms with Crippen molar-refractivity contribution in [3.05, 3.63) is 0 Å². The maximum atomic E-state index is 12.1. The fourth-order valence-corrected chi connectivity index (χ4v) is 3.67. The van der Waals surface area contributed by atoms with Crippen LogP contribution in [-0.2, 0) is 14.2 Å². The van der Waals surface area contributed by atoms with Gasteiger partial charge in [0.25, 0.3) is 0 Å². The van der Waals surface area contributed by atoms with Crippen LogP contribution < -0.4 is 0 Å². The van der Waals surface area contributed by atoms with Crippen LogP contribution in [0.1, 0.15) is 52.9 Å². The molecule has 0 aromatic rings. The molecule has 0 spiro atoms. The van der Waals surface area contributed by atoms with Gasteiger partial charge in [-0.1, -0.05) is 15.9 Å². The highest BCUT2D eigenvalue weighted by Crippen LogP contribution is 2.30. The zero-order valence-electron chi connectivity index (χ0n) is 14.6. The second kappa shape index (κ2) is 8.17. The molecule has 0 aromatic carbocycles. The molecule has 2 heterocycles. The largest absolute Gasteiger partial charge is 0.444 e. The van der Waals surface area contributed by atoms with Crippen LogP contribution in [-0.4, -0.2) is 59.9 Å². The van der Waals surface area contributed by atoms with E-state index in [1.54, 1.807) is 4.90 Å². The van der Waals surface area contributed by atoms with Gasteiger partial charge in [0, 0.05) is 25.0 Å². The van der Waals surface area contributed by atoms with Gasteiger partial charge < -0.3 is 19.1 Å². The Hall–Kier alpha value is -0.330. The van der Waals surface area contributed by atoms with E-state index in [-0.39, 0.29) is 17.8 Å². The molecule has 23 heavy (non-hydrogen) atoms. The van der Waals surface area contributed by atoms with E-state index < -0.39 is 5.60 Å². The predicted octanol–water partition coefficient (Wildman–Crippen LogP) is 3.74. The SMILES string of the molecule is CC(C)(C)OC(=O)N1CCC(CBr)(OCC2CCCCO2)CC1. The van der Waals surface area contributed by atoms with Crippen LogP contribution in [0.4, 0.5) is 4.79 Å². The van der Waals surface area contributed by atoms with Crippen molar-refractivity contribution in [2.24, 2.45) is 0 Å². The number of ether oxygens (including phenoxy) is 3. The number of likely N-dealkylation sites (tertiary alicyclic amines) is 1. The summed E-state index contributed by atoms with van der Waals surface area (Å²) in [5, 5.41) is 0.787. The molecule has 2 fully saturated rings. The zero-order valence-corrected chi connectivity index (χ0v) is 16.2. The lowest BCUT2D eigenvalue weighted by Gasteiger charge is -2.41. The monoisotopic (exact) mass is 391 g/mol. The third kappa shape index (κ3) is 5.91. The van der Waals surface area contributed by atoms with Crippen LogP contribution in [0.25, 0.3) is 0 Å². The van der Waals surface area contributed by atoms with Crippen molar-refractivity contribution in [1.29, 1.82) is 0 Å². The molecule has 0 aromatic heterocycles. The van der Waals surface area contributed by atoms with Crippen LogP contribution in [0.15, 0.2) is 0 Å². The molecule has 134 valence electrons. The maximum Gasteiger partial charge on any atom is 0.410 e. The molecule has 2 aliphatic heterocycles. The minimum Gasteiger partial charge on any atom is -0.444 e. The number of alkyl halides is 1. The molecular formula is C17H30BrNO4. The highest BCUT2D eigenvalue weighted by atomic mass is 79.9. The van der Waals surface area contributed by atoms with Crippen molar-refractivity contribution in [2.45, 2.75) is 70.2 Å². The van der Waals surface area contributed by atoms with E-state index in [1.807, 2.05) is 20.8 Å². The van der Waals surface area contributed by atoms with Crippen molar-refractivity contribution in [1.82, 2.24) is 4.90 Å². The number of carbonyl (C=O) groups is 1. The molecule has 0 aliphatic carbocycles. The highest BCUT2D eigenvalue weighted by Gasteiger charge is 2.38. The van der Waals surface area contributed by atoms with Gasteiger partial charge in [-0.2, -0.15) is 0 Å². The quantitative estimate of drug-likeness (QED) is 0.684. The van der Waals surface area contributed by atoms with Crippen molar-refractivity contribution >= 4 is 22.0 Å². The Bertz CT molecular complexity index is 383. The number of hydrogen-bond acceptors (Lipinski definition) is 4. The number of rotatable bonds is 4. The van der Waals surface area contributed by atoms with E-state index >= 15 is 0 Å². The molecule has 0 N–H and O–H groups in total. The van der Waals surface area contributed by atoms with Crippen LogP contribution in [0, 0.1) is 0 Å². The first-order valence-corrected chi connectivity index (χ1v) is 9.75. The summed E-state index contributed by atoms with van der Waals surface area (Å²) in [6, 6.07) is 0. The Morgan fingerprint density at radius 3 is 2.52 bits per heavy atom. The highest BCUT2D eigenvalue weighted by molar-refractivity contribution is 9.09. The van der Waals surface area contributed by atoms with Crippen LogP contribution in [0.5, 0.6) is 0 Å². The summed E-state index contributed by atoms with van der Waals surface area (Å²) in [4.78, 5) is 13.9. The third-order valence-corrected chi connectivity index (χ3v) is 5.44. The number of hydrogen-bond donors (Lipinski definition) is 0. The maximum absolute atomic E-state index is 12.1. The molecule has 5 nitrogen and oxygen atoms in total. The van der Waals surface area contributed by atoms with E-state index in [9.17, 15) is 4.79 Å². The number of carbonyl (C=O) groups excluding carboxylic acids is 1. The average molecular weight is 392 g/mol. The van der Waals surface area contributed by atoms with Gasteiger partial charge >= 0.3 is 6.09 Å². The van der Waals surface area contributed by atoms with Gasteiger partial charge in [-0.05, 0) is 52.9 Å². The van der Waals surface area contributed by atoms with Crippen molar-refractivity contribution in [2.75, 3.05) is 31.6 Å². The molecule has 0 saturated carbocycles. The van der Waals surface area contributed by atoms with E-state index in [2.05, 4.69) is 15.9 Å². The standard InChI is InChI=1S/C17H30BrNO4/c1-16(2,3)23-15(20)19-9-7-17(13-18,8-10-19)22-12-14-6-4-5-11-21-14/h14H,4-13H2,1-3H3. The summed E-state index contributed by atoms with van der Waals surface area (Å²) in [5.41, 5.74) is -0.644. The second-order valence-electron chi connectivity index (χ2n) is 7.58. The van der Waals surface area contributed by atoms with Crippen molar-refractivity contribution < 1.29 is 19.0 Å². The van der Waals surface area contributed by atoms with Crippen LogP contribution >= 0.6 is 15.9 Å². The lowest BCUT2D eigenvalue weighted by molar-refractivity contribution is -0.116. The molecule has 1 unspecified atom stereocenters. The minimum absolute atomic E-state index is 0.195. The Kier molecular flexibility index (Phi) is 6.75. The van der Waals surface area contributed by atoms with Gasteiger partial charge in [-0.25, -0.2) is 4.79 Å². The Balaban J connectivity index is 1.80. The smallest absolute Gasteiger partial charge is 0.410 e. The third-order valence-electron chi connectivity index (χ3n) is 4.42. The number of amides is 1. The first kappa shape index (κ1) is 19.0. The summed E-state index contributed by atoms with van der Waals surface area (Å²) < 4.78 is 17.4. The number of piperidine rings is 1. The first-order chi connectivity index (χ1) is 10.8. The van der Waals surface area contributed by atoms with Gasteiger partial charge in [0.05, 0.1) is 18.3 Å². The van der Waals surface area contributed by atoms with E-state index in [1.165, 1.54) is 6.42 Å². The normalized spacial score (nSPS) is 25.2. The fraction of sp³-hybridized carbons (Fsp3) is 0.941. The molecular weight excluding hydrogens is 362 g/mol. The van der Waals surface area contributed by atoms with Gasteiger partial charge in [0.1, 0.15) is 5.60 Å². The molecule has 2 saturated heterocycles. The molecule has 6 heteroatoms. The molecule has 2 rings (SSSR count). The fourth-order valence-electron chi connectivity index (χ4n) is 2.95. The second-order valence-corrected chi connectivity index (χ2v) is 8.14. The molecule has 0 radical (unpaired) electrons. The van der Waals surface area contributed by atoms with Crippen molar-refractivity contribution in [3.63, 3.8) is 0 Å². The van der Waals surface area contributed by atoms with Gasteiger partial charge in [0.15, 0.2) is 0 Å². The van der Waals surface area contributed by atoms with Gasteiger partial charge in [-0.3, -0.25) is 0 Å². The zero-order chi connectivity index (χ0) is 16.9. The molecule has 0 bridgehead atoms. The van der Waals surface area contributed by atoms with Crippen LogP contribution in [0.2, 0.25) is 0 Å². The van der Waals surface area contributed by atoms with Crippen LogP contribution in [0.3, 0.4) is 0 Å². The average Bonchev–Trinajstić information content (AvgIpc) is 2.53. The summed E-state index contributed by atoms with van der Waals surface area (Å²) in [6.45, 7) is 8.53. The number of nitrogens with zero attached hydrogens (tertiary/aromatic N) is 1. The topological polar surface area (TPSA) is 48.0 Å². The summed E-state index contributed by atoms with van der Waals surface area (Å²) in [5.74, 6) is 0. The molecule has 2 aliphatic rings. The summed E-state index contributed by atoms with van der Waals surface area (Å²) >= 11 is 3.60. The van der Waals surface area contributed by atoms with Gasteiger partial charge in [-0.15, -0.1) is 0 Å². The number of halogens is 1. The Morgan fingerprint density at radius 1 is 1.30 bits per heavy atom. The lowest BCUT2D eigenvalue weighted by atomic mass is 9.93. The van der Waals surface area contributed by atoms with E-state index in [0.717, 1.165) is 37.6 Å². The lowest BCUT2D eigenvalue weighted by Crippen LogP contribution is -2.51. The van der Waals surface area contributed by atoms with E-state index in [4.69, 9.17) is 14.2 Å². The molecule has 1 atom stereocenters. The minimum atomic E-state index is -0.449. The van der Waals surface area contributed by atoms with E-state index in [0.29, 0.717) is 19.7 Å². The summed E-state index contributed by atoms with van der Waals surface area (Å²) in [7, 11) is 0. The van der Waals surface area contributed by atoms with Crippen molar-refractivity contribution in [3.8, 4) is 0 Å².